The minimum atomic E-state index is -4.43. The lowest BCUT2D eigenvalue weighted by atomic mass is 9.84. The highest BCUT2D eigenvalue weighted by atomic mass is 79.9. The monoisotopic (exact) mass is 326 g/mol. The highest BCUT2D eigenvalue weighted by Gasteiger charge is 2.34. The molecule has 2 nitrogen and oxygen atoms in total. The predicted octanol–water partition coefficient (Wildman–Crippen LogP) is 3.75. The number of alkyl halides is 3. The first-order valence-corrected chi connectivity index (χ1v) is 5.99. The Morgan fingerprint density at radius 3 is 2.22 bits per heavy atom. The predicted molar refractivity (Wildman–Crippen MR) is 65.8 cm³/mol. The number of rotatable bonds is 3. The molecule has 0 aliphatic carbocycles. The van der Waals surface area contributed by atoms with E-state index in [0.717, 1.165) is 12.1 Å². The molecule has 0 spiro atoms. The molecule has 18 heavy (non-hydrogen) atoms. The highest BCUT2D eigenvalue weighted by Crippen LogP contribution is 2.42. The van der Waals surface area contributed by atoms with Crippen LogP contribution in [0.25, 0.3) is 0 Å². The third-order valence-electron chi connectivity index (χ3n) is 2.67. The van der Waals surface area contributed by atoms with E-state index in [1.807, 2.05) is 0 Å². The van der Waals surface area contributed by atoms with E-state index in [-0.39, 0.29) is 16.8 Å². The van der Waals surface area contributed by atoms with E-state index in [2.05, 4.69) is 15.9 Å². The van der Waals surface area contributed by atoms with Crippen LogP contribution in [-0.4, -0.2) is 18.8 Å². The Kier molecular flexibility index (Phi) is 4.33. The molecular formula is C12H14BrF3O2. The van der Waals surface area contributed by atoms with E-state index >= 15 is 0 Å². The van der Waals surface area contributed by atoms with Crippen molar-refractivity contribution in [1.29, 1.82) is 0 Å². The standard InChI is InChI=1S/C12H14BrF3O2/c1-11(2,6-17)10-8(13)4-7(12(14,15)16)5-9(10)18-3/h4-5,17H,6H2,1-3H3. The number of aliphatic hydroxyl groups is 1. The van der Waals surface area contributed by atoms with Crippen molar-refractivity contribution in [3.63, 3.8) is 0 Å². The Morgan fingerprint density at radius 2 is 1.83 bits per heavy atom. The molecule has 1 rings (SSSR count). The van der Waals surface area contributed by atoms with Crippen LogP contribution in [0.4, 0.5) is 13.2 Å². The van der Waals surface area contributed by atoms with Gasteiger partial charge in [-0.15, -0.1) is 0 Å². The maximum absolute atomic E-state index is 12.7. The molecule has 0 bridgehead atoms. The van der Waals surface area contributed by atoms with Gasteiger partial charge >= 0.3 is 6.18 Å². The van der Waals surface area contributed by atoms with E-state index in [0.29, 0.717) is 5.56 Å². The fourth-order valence-corrected chi connectivity index (χ4v) is 2.62. The second-order valence-electron chi connectivity index (χ2n) is 4.58. The van der Waals surface area contributed by atoms with E-state index in [1.165, 1.54) is 7.11 Å². The van der Waals surface area contributed by atoms with Gasteiger partial charge in [0.15, 0.2) is 0 Å². The third-order valence-corrected chi connectivity index (χ3v) is 3.30. The van der Waals surface area contributed by atoms with Crippen LogP contribution in [-0.2, 0) is 11.6 Å². The van der Waals surface area contributed by atoms with Gasteiger partial charge in [-0.2, -0.15) is 13.2 Å². The van der Waals surface area contributed by atoms with E-state index in [4.69, 9.17) is 4.74 Å². The van der Waals surface area contributed by atoms with Gasteiger partial charge in [0.1, 0.15) is 5.75 Å². The summed E-state index contributed by atoms with van der Waals surface area (Å²) < 4.78 is 43.3. The molecule has 0 aromatic heterocycles. The first-order valence-electron chi connectivity index (χ1n) is 5.19. The van der Waals surface area contributed by atoms with Crippen LogP contribution in [0, 0.1) is 0 Å². The summed E-state index contributed by atoms with van der Waals surface area (Å²) in [5.74, 6) is 0.107. The van der Waals surface area contributed by atoms with Crippen molar-refractivity contribution < 1.29 is 23.0 Å². The van der Waals surface area contributed by atoms with Crippen molar-refractivity contribution in [2.75, 3.05) is 13.7 Å². The average Bonchev–Trinajstić information content (AvgIpc) is 2.26. The molecule has 0 heterocycles. The zero-order valence-electron chi connectivity index (χ0n) is 10.2. The van der Waals surface area contributed by atoms with Crippen molar-refractivity contribution in [3.8, 4) is 5.75 Å². The first kappa shape index (κ1) is 15.3. The molecule has 1 aromatic rings. The number of aliphatic hydroxyl groups excluding tert-OH is 1. The largest absolute Gasteiger partial charge is 0.496 e. The molecule has 0 saturated heterocycles. The summed E-state index contributed by atoms with van der Waals surface area (Å²) in [4.78, 5) is 0. The number of benzene rings is 1. The van der Waals surface area contributed by atoms with Crippen LogP contribution in [0.5, 0.6) is 5.75 Å². The van der Waals surface area contributed by atoms with Crippen LogP contribution < -0.4 is 4.74 Å². The molecule has 6 heteroatoms. The zero-order valence-corrected chi connectivity index (χ0v) is 11.8. The lowest BCUT2D eigenvalue weighted by Gasteiger charge is -2.27. The maximum atomic E-state index is 12.7. The molecule has 0 radical (unpaired) electrons. The normalized spacial score (nSPS) is 12.7. The summed E-state index contributed by atoms with van der Waals surface area (Å²) >= 11 is 3.12. The summed E-state index contributed by atoms with van der Waals surface area (Å²) in [5.41, 5.74) is -0.974. The smallest absolute Gasteiger partial charge is 0.416 e. The molecule has 0 unspecified atom stereocenters. The third kappa shape index (κ3) is 2.98. The Morgan fingerprint density at radius 1 is 1.28 bits per heavy atom. The lowest BCUT2D eigenvalue weighted by molar-refractivity contribution is -0.137. The molecule has 0 aliphatic heterocycles. The van der Waals surface area contributed by atoms with Gasteiger partial charge in [-0.25, -0.2) is 0 Å². The van der Waals surface area contributed by atoms with Gasteiger partial charge in [0.25, 0.3) is 0 Å². The van der Waals surface area contributed by atoms with Gasteiger partial charge in [0.2, 0.25) is 0 Å². The van der Waals surface area contributed by atoms with Gasteiger partial charge in [-0.1, -0.05) is 29.8 Å². The summed E-state index contributed by atoms with van der Waals surface area (Å²) in [6.45, 7) is 3.25. The van der Waals surface area contributed by atoms with Crippen LogP contribution in [0.3, 0.4) is 0 Å². The molecule has 0 atom stereocenters. The highest BCUT2D eigenvalue weighted by molar-refractivity contribution is 9.10. The van der Waals surface area contributed by atoms with Crippen molar-refractivity contribution in [2.24, 2.45) is 0 Å². The fraction of sp³-hybridized carbons (Fsp3) is 0.500. The minimum Gasteiger partial charge on any atom is -0.496 e. The fourth-order valence-electron chi connectivity index (χ4n) is 1.64. The quantitative estimate of drug-likeness (QED) is 0.916. The van der Waals surface area contributed by atoms with E-state index in [9.17, 15) is 18.3 Å². The lowest BCUT2D eigenvalue weighted by Crippen LogP contribution is -2.24. The van der Waals surface area contributed by atoms with Crippen molar-refractivity contribution in [3.05, 3.63) is 27.7 Å². The van der Waals surface area contributed by atoms with Crippen LogP contribution in [0.15, 0.2) is 16.6 Å². The van der Waals surface area contributed by atoms with Gasteiger partial charge < -0.3 is 9.84 Å². The topological polar surface area (TPSA) is 29.5 Å². The zero-order chi connectivity index (χ0) is 14.1. The summed E-state index contributed by atoms with van der Waals surface area (Å²) in [7, 11) is 1.30. The SMILES string of the molecule is COc1cc(C(F)(F)F)cc(Br)c1C(C)(C)CO. The molecule has 0 saturated carbocycles. The number of ether oxygens (including phenoxy) is 1. The van der Waals surface area contributed by atoms with Crippen LogP contribution >= 0.6 is 15.9 Å². The molecule has 1 N–H and O–H groups in total. The number of halogens is 4. The van der Waals surface area contributed by atoms with Crippen molar-refractivity contribution in [2.45, 2.75) is 25.4 Å². The van der Waals surface area contributed by atoms with E-state index < -0.39 is 17.2 Å². The molecule has 0 fully saturated rings. The van der Waals surface area contributed by atoms with Gasteiger partial charge in [-0.3, -0.25) is 0 Å². The van der Waals surface area contributed by atoms with Crippen molar-refractivity contribution in [1.82, 2.24) is 0 Å². The first-order chi connectivity index (χ1) is 8.13. The Bertz CT molecular complexity index is 442. The molecule has 1 aromatic carbocycles. The molecule has 102 valence electrons. The van der Waals surface area contributed by atoms with E-state index in [1.54, 1.807) is 13.8 Å². The number of methoxy groups -OCH3 is 1. The Labute approximate surface area is 112 Å². The van der Waals surface area contributed by atoms with Gasteiger partial charge in [-0.05, 0) is 12.1 Å². The molecular weight excluding hydrogens is 313 g/mol. The Balaban J connectivity index is 3.48. The Hall–Kier alpha value is -0.750. The molecule has 0 amide bonds. The van der Waals surface area contributed by atoms with Crippen LogP contribution in [0.1, 0.15) is 25.0 Å². The second-order valence-corrected chi connectivity index (χ2v) is 5.43. The number of hydrogen-bond donors (Lipinski definition) is 1. The minimum absolute atomic E-state index is 0.107. The maximum Gasteiger partial charge on any atom is 0.416 e. The average molecular weight is 327 g/mol. The summed E-state index contributed by atoms with van der Waals surface area (Å²) in [5, 5.41) is 9.32. The summed E-state index contributed by atoms with van der Waals surface area (Å²) in [6, 6.07) is 1.94. The van der Waals surface area contributed by atoms with Crippen molar-refractivity contribution >= 4 is 15.9 Å². The van der Waals surface area contributed by atoms with Gasteiger partial charge in [0.05, 0.1) is 19.3 Å². The van der Waals surface area contributed by atoms with Gasteiger partial charge in [0, 0.05) is 15.5 Å². The second kappa shape index (κ2) is 5.09. The number of hydrogen-bond acceptors (Lipinski definition) is 2. The summed E-state index contributed by atoms with van der Waals surface area (Å²) in [6.07, 6.45) is -4.43. The van der Waals surface area contributed by atoms with Crippen LogP contribution in [0.2, 0.25) is 0 Å². The molecule has 0 aliphatic rings.